The molecule has 0 fully saturated rings. The number of carbonyl (C=O) groups excluding carboxylic acids is 2. The molecule has 7 nitrogen and oxygen atoms in total. The van der Waals surface area contributed by atoms with E-state index in [1.165, 1.54) is 4.90 Å². The number of anilines is 2. The minimum atomic E-state index is -0.677. The Bertz CT molecular complexity index is 1070. The number of aromatic amines is 1. The van der Waals surface area contributed by atoms with Crippen LogP contribution in [-0.2, 0) is 11.2 Å². The Balaban J connectivity index is 1.77. The summed E-state index contributed by atoms with van der Waals surface area (Å²) in [6, 6.07) is 13.4. The molecule has 30 heavy (non-hydrogen) atoms. The largest absolute Gasteiger partial charge is 0.443 e. The van der Waals surface area contributed by atoms with Crippen molar-refractivity contribution in [3.63, 3.8) is 0 Å². The molecular weight excluding hydrogens is 380 g/mol. The van der Waals surface area contributed by atoms with Gasteiger partial charge in [-0.05, 0) is 45.0 Å². The van der Waals surface area contributed by atoms with Gasteiger partial charge in [-0.1, -0.05) is 18.2 Å². The molecule has 3 aromatic rings. The number of amides is 2. The lowest BCUT2D eigenvalue weighted by Crippen LogP contribution is -2.44. The van der Waals surface area contributed by atoms with Crippen molar-refractivity contribution in [2.24, 2.45) is 0 Å². The number of hydrogen-bond acceptors (Lipinski definition) is 5. The van der Waals surface area contributed by atoms with Gasteiger partial charge in [0.1, 0.15) is 5.60 Å². The van der Waals surface area contributed by atoms with Crippen LogP contribution in [0.25, 0.3) is 11.3 Å². The van der Waals surface area contributed by atoms with Crippen molar-refractivity contribution in [3.8, 4) is 11.3 Å². The van der Waals surface area contributed by atoms with Gasteiger partial charge in [0.15, 0.2) is 0 Å². The van der Waals surface area contributed by atoms with E-state index in [4.69, 9.17) is 4.74 Å². The van der Waals surface area contributed by atoms with Crippen LogP contribution in [0.1, 0.15) is 36.8 Å². The molecule has 0 bridgehead atoms. The first-order valence-electron chi connectivity index (χ1n) is 9.85. The summed E-state index contributed by atoms with van der Waals surface area (Å²) >= 11 is 0. The number of carbonyl (C=O) groups is 2. The van der Waals surface area contributed by atoms with Crippen molar-refractivity contribution in [3.05, 3.63) is 66.1 Å². The van der Waals surface area contributed by atoms with Gasteiger partial charge in [0, 0.05) is 42.3 Å². The third-order valence-electron chi connectivity index (χ3n) is 4.75. The second-order valence-corrected chi connectivity index (χ2v) is 8.14. The lowest BCUT2D eigenvalue weighted by atomic mass is 10.0. The fourth-order valence-corrected chi connectivity index (χ4v) is 3.45. The second-order valence-electron chi connectivity index (χ2n) is 8.14. The quantitative estimate of drug-likeness (QED) is 0.658. The molecule has 7 heteroatoms. The highest BCUT2D eigenvalue weighted by atomic mass is 16.6. The maximum absolute atomic E-state index is 13.4. The predicted molar refractivity (Wildman–Crippen MR) is 115 cm³/mol. The Labute approximate surface area is 175 Å². The number of fused-ring (bicyclic) bond motifs is 1. The van der Waals surface area contributed by atoms with Crippen molar-refractivity contribution >= 4 is 23.4 Å². The van der Waals surface area contributed by atoms with Crippen LogP contribution in [0, 0.1) is 0 Å². The fourth-order valence-electron chi connectivity index (χ4n) is 3.45. The van der Waals surface area contributed by atoms with E-state index >= 15 is 0 Å². The van der Waals surface area contributed by atoms with Gasteiger partial charge in [0.2, 0.25) is 0 Å². The van der Waals surface area contributed by atoms with E-state index in [1.54, 1.807) is 33.2 Å². The number of pyridine rings is 1. The molecule has 1 aliphatic heterocycles. The average molecular weight is 404 g/mol. The molecule has 0 saturated heterocycles. The number of aromatic nitrogens is 2. The van der Waals surface area contributed by atoms with Crippen LogP contribution in [0.2, 0.25) is 0 Å². The van der Waals surface area contributed by atoms with Crippen LogP contribution in [0.5, 0.6) is 0 Å². The molecule has 3 heterocycles. The molecule has 154 valence electrons. The van der Waals surface area contributed by atoms with E-state index < -0.39 is 11.7 Å². The first-order valence-corrected chi connectivity index (χ1v) is 9.85. The molecule has 2 amide bonds. The summed E-state index contributed by atoms with van der Waals surface area (Å²) in [5.41, 5.74) is 3.74. The van der Waals surface area contributed by atoms with Crippen LogP contribution in [-0.4, -0.2) is 39.0 Å². The fraction of sp³-hybridized carbons (Fsp3) is 0.261. The zero-order valence-corrected chi connectivity index (χ0v) is 17.2. The van der Waals surface area contributed by atoms with Gasteiger partial charge in [0.05, 0.1) is 16.9 Å². The molecule has 0 saturated carbocycles. The third-order valence-corrected chi connectivity index (χ3v) is 4.75. The molecule has 2 aromatic heterocycles. The van der Waals surface area contributed by atoms with Gasteiger partial charge in [-0.3, -0.25) is 9.78 Å². The highest BCUT2D eigenvalue weighted by Gasteiger charge is 2.36. The van der Waals surface area contributed by atoms with E-state index in [9.17, 15) is 9.59 Å². The number of para-hydroxylation sites is 1. The van der Waals surface area contributed by atoms with E-state index in [2.05, 4.69) is 15.3 Å². The molecule has 0 radical (unpaired) electrons. The van der Waals surface area contributed by atoms with Crippen molar-refractivity contribution in [1.29, 1.82) is 0 Å². The number of H-pyrrole nitrogens is 1. The minimum absolute atomic E-state index is 0.266. The topological polar surface area (TPSA) is 87.3 Å². The minimum Gasteiger partial charge on any atom is -0.443 e. The van der Waals surface area contributed by atoms with Crippen LogP contribution < -0.4 is 5.32 Å². The lowest BCUT2D eigenvalue weighted by molar-refractivity contribution is 0.0233. The smallest absolute Gasteiger partial charge is 0.417 e. The van der Waals surface area contributed by atoms with Gasteiger partial charge in [-0.15, -0.1) is 0 Å². The first kappa shape index (κ1) is 19.7. The maximum Gasteiger partial charge on any atom is 0.417 e. The zero-order chi connectivity index (χ0) is 21.3. The summed E-state index contributed by atoms with van der Waals surface area (Å²) in [4.78, 5) is 34.6. The Morgan fingerprint density at radius 2 is 1.83 bits per heavy atom. The number of nitrogens with one attached hydrogen (secondary N) is 2. The van der Waals surface area contributed by atoms with E-state index in [0.717, 1.165) is 22.6 Å². The highest BCUT2D eigenvalue weighted by Crippen LogP contribution is 2.38. The SMILES string of the molecule is CC(C)(C)OC(=O)N1CCc2[nH]c(-c3ccncc3)c(Nc3ccccc3)c2C1=O. The Morgan fingerprint density at radius 1 is 1.13 bits per heavy atom. The summed E-state index contributed by atoms with van der Waals surface area (Å²) in [6.45, 7) is 5.61. The number of nitrogens with zero attached hydrogens (tertiary/aromatic N) is 2. The van der Waals surface area contributed by atoms with E-state index in [1.807, 2.05) is 42.5 Å². The number of hydrogen-bond donors (Lipinski definition) is 2. The number of benzene rings is 1. The molecule has 0 spiro atoms. The molecule has 0 aliphatic carbocycles. The van der Waals surface area contributed by atoms with Crippen molar-refractivity contribution in [2.45, 2.75) is 32.8 Å². The second kappa shape index (κ2) is 7.67. The van der Waals surface area contributed by atoms with Gasteiger partial charge >= 0.3 is 6.09 Å². The van der Waals surface area contributed by atoms with Crippen LogP contribution in [0.4, 0.5) is 16.2 Å². The number of rotatable bonds is 3. The zero-order valence-electron chi connectivity index (χ0n) is 17.2. The number of imide groups is 1. The predicted octanol–water partition coefficient (Wildman–Crippen LogP) is 4.75. The summed E-state index contributed by atoms with van der Waals surface area (Å²) in [7, 11) is 0. The van der Waals surface area contributed by atoms with Gasteiger partial charge < -0.3 is 15.0 Å². The highest BCUT2D eigenvalue weighted by molar-refractivity contribution is 6.11. The molecule has 4 rings (SSSR count). The summed E-state index contributed by atoms with van der Waals surface area (Å²) in [5, 5.41) is 3.37. The van der Waals surface area contributed by atoms with Gasteiger partial charge in [-0.2, -0.15) is 0 Å². The molecular formula is C23H24N4O3. The maximum atomic E-state index is 13.4. The van der Waals surface area contributed by atoms with Crippen molar-refractivity contribution in [1.82, 2.24) is 14.9 Å². The summed E-state index contributed by atoms with van der Waals surface area (Å²) in [6.07, 6.45) is 3.30. The van der Waals surface area contributed by atoms with Crippen molar-refractivity contribution in [2.75, 3.05) is 11.9 Å². The Kier molecular flexibility index (Phi) is 5.03. The molecule has 2 N–H and O–H groups in total. The normalized spacial score (nSPS) is 13.7. The Morgan fingerprint density at radius 3 is 2.50 bits per heavy atom. The van der Waals surface area contributed by atoms with E-state index in [0.29, 0.717) is 17.7 Å². The van der Waals surface area contributed by atoms with Gasteiger partial charge in [0.25, 0.3) is 5.91 Å². The van der Waals surface area contributed by atoms with Crippen LogP contribution >= 0.6 is 0 Å². The molecule has 0 unspecified atom stereocenters. The van der Waals surface area contributed by atoms with Gasteiger partial charge in [-0.25, -0.2) is 9.69 Å². The number of ether oxygens (including phenoxy) is 1. The molecule has 0 atom stereocenters. The molecule has 1 aliphatic rings. The lowest BCUT2D eigenvalue weighted by Gasteiger charge is -2.29. The molecule has 1 aromatic carbocycles. The average Bonchev–Trinajstić information content (AvgIpc) is 3.07. The monoisotopic (exact) mass is 404 g/mol. The van der Waals surface area contributed by atoms with Crippen LogP contribution in [0.3, 0.4) is 0 Å². The summed E-state index contributed by atoms with van der Waals surface area (Å²) < 4.78 is 5.44. The Hall–Kier alpha value is -3.61. The third kappa shape index (κ3) is 3.91. The van der Waals surface area contributed by atoms with Crippen molar-refractivity contribution < 1.29 is 14.3 Å². The summed E-state index contributed by atoms with van der Waals surface area (Å²) in [5.74, 6) is -0.375. The standard InChI is InChI=1S/C23H24N4O3/c1-23(2,3)30-22(29)27-14-11-17-18(21(27)28)20(25-16-7-5-4-6-8-16)19(26-17)15-9-12-24-13-10-15/h4-10,12-13,25-26H,11,14H2,1-3H3. The first-order chi connectivity index (χ1) is 14.3. The van der Waals surface area contributed by atoms with E-state index in [-0.39, 0.29) is 12.5 Å². The van der Waals surface area contributed by atoms with Crippen LogP contribution in [0.15, 0.2) is 54.9 Å².